The Morgan fingerprint density at radius 1 is 0.280 bits per heavy atom. The lowest BCUT2D eigenvalue weighted by Crippen LogP contribution is -2.30. The van der Waals surface area contributed by atoms with Gasteiger partial charge in [-0.3, -0.25) is 37.3 Å². The van der Waals surface area contributed by atoms with Gasteiger partial charge in [0, 0.05) is 25.7 Å². The molecule has 0 saturated carbocycles. The molecule has 3 N–H and O–H groups in total. The molecule has 0 saturated heterocycles. The minimum Gasteiger partial charge on any atom is -0.462 e. The number of unbranched alkanes of at least 4 members (excludes halogenated alkanes) is 43. The van der Waals surface area contributed by atoms with Crippen molar-refractivity contribution in [3.8, 4) is 0 Å². The van der Waals surface area contributed by atoms with E-state index in [1.54, 1.807) is 0 Å². The molecule has 0 aliphatic carbocycles. The van der Waals surface area contributed by atoms with E-state index in [1.807, 2.05) is 0 Å². The van der Waals surface area contributed by atoms with Crippen molar-refractivity contribution in [2.75, 3.05) is 39.6 Å². The summed E-state index contributed by atoms with van der Waals surface area (Å²) < 4.78 is 68.7. The number of phosphoric ester groups is 2. The van der Waals surface area contributed by atoms with E-state index < -0.39 is 97.5 Å². The monoisotopic (exact) mass is 1470 g/mol. The average molecular weight is 1470 g/mol. The minimum absolute atomic E-state index is 0.105. The summed E-state index contributed by atoms with van der Waals surface area (Å²) in [6.45, 7) is 14.3. The van der Waals surface area contributed by atoms with Crippen LogP contribution >= 0.6 is 15.6 Å². The molecule has 6 atom stereocenters. The molecular formula is C81H158O17P2. The van der Waals surface area contributed by atoms with Crippen molar-refractivity contribution in [2.24, 2.45) is 23.7 Å². The first-order valence-corrected chi connectivity index (χ1v) is 44.7. The van der Waals surface area contributed by atoms with Crippen molar-refractivity contribution in [1.82, 2.24) is 0 Å². The molecule has 0 aromatic carbocycles. The summed E-state index contributed by atoms with van der Waals surface area (Å²) in [5, 5.41) is 10.6. The highest BCUT2D eigenvalue weighted by molar-refractivity contribution is 7.47. The van der Waals surface area contributed by atoms with Crippen LogP contribution < -0.4 is 0 Å². The van der Waals surface area contributed by atoms with Crippen LogP contribution in [0.1, 0.15) is 415 Å². The quantitative estimate of drug-likeness (QED) is 0.0222. The summed E-state index contributed by atoms with van der Waals surface area (Å²) in [7, 11) is -9.92. The molecule has 0 amide bonds. The SMILES string of the molecule is CCC(C)CCCCCCCCCCCCCCCCC(=O)OC[C@H](COP(=O)(O)OCC(O)COP(=O)(O)OC[C@@H](COC(=O)CCCCCCCCCC(C)C)OC(=O)CCCCCCCCCCCCC(C)C)OC(=O)CCCCCCCCCCCCCCCCCCC(C)C. The number of rotatable bonds is 78. The molecule has 594 valence electrons. The van der Waals surface area contributed by atoms with Crippen molar-refractivity contribution in [1.29, 1.82) is 0 Å². The summed E-state index contributed by atoms with van der Waals surface area (Å²) in [6, 6.07) is 0. The van der Waals surface area contributed by atoms with E-state index in [0.717, 1.165) is 114 Å². The molecule has 0 radical (unpaired) electrons. The average Bonchev–Trinajstić information content (AvgIpc) is 0.919. The fourth-order valence-electron chi connectivity index (χ4n) is 12.4. The zero-order valence-electron chi connectivity index (χ0n) is 65.8. The smallest absolute Gasteiger partial charge is 0.462 e. The molecule has 0 aromatic rings. The molecule has 0 aromatic heterocycles. The lowest BCUT2D eigenvalue weighted by molar-refractivity contribution is -0.161. The van der Waals surface area contributed by atoms with E-state index >= 15 is 0 Å². The maximum Gasteiger partial charge on any atom is 0.472 e. The van der Waals surface area contributed by atoms with Crippen molar-refractivity contribution in [2.45, 2.75) is 433 Å². The highest BCUT2D eigenvalue weighted by atomic mass is 31.2. The van der Waals surface area contributed by atoms with Gasteiger partial charge in [0.05, 0.1) is 26.4 Å². The van der Waals surface area contributed by atoms with Gasteiger partial charge in [0.15, 0.2) is 12.2 Å². The van der Waals surface area contributed by atoms with Gasteiger partial charge in [-0.2, -0.15) is 0 Å². The Morgan fingerprint density at radius 2 is 0.480 bits per heavy atom. The molecule has 0 aliphatic rings. The number of carbonyl (C=O) groups excluding carboxylic acids is 4. The molecule has 100 heavy (non-hydrogen) atoms. The van der Waals surface area contributed by atoms with Crippen LogP contribution in [0.3, 0.4) is 0 Å². The number of aliphatic hydroxyl groups excluding tert-OH is 1. The third-order valence-corrected chi connectivity index (χ3v) is 21.1. The van der Waals surface area contributed by atoms with E-state index in [1.165, 1.54) is 212 Å². The number of carbonyl (C=O) groups is 4. The van der Waals surface area contributed by atoms with E-state index in [-0.39, 0.29) is 25.7 Å². The second-order valence-electron chi connectivity index (χ2n) is 30.8. The van der Waals surface area contributed by atoms with Gasteiger partial charge < -0.3 is 33.8 Å². The third-order valence-electron chi connectivity index (χ3n) is 19.2. The number of phosphoric acid groups is 2. The molecule has 17 nitrogen and oxygen atoms in total. The predicted octanol–water partition coefficient (Wildman–Crippen LogP) is 24.0. The maximum absolute atomic E-state index is 13.1. The highest BCUT2D eigenvalue weighted by Crippen LogP contribution is 2.45. The van der Waals surface area contributed by atoms with Crippen LogP contribution in [-0.4, -0.2) is 96.7 Å². The Balaban J connectivity index is 5.24. The zero-order chi connectivity index (χ0) is 73.8. The van der Waals surface area contributed by atoms with Crippen molar-refractivity contribution >= 4 is 39.5 Å². The number of aliphatic hydroxyl groups is 1. The normalized spacial score (nSPS) is 14.3. The zero-order valence-corrected chi connectivity index (χ0v) is 67.6. The number of hydrogen-bond donors (Lipinski definition) is 3. The van der Waals surface area contributed by atoms with Crippen LogP contribution in [0.4, 0.5) is 0 Å². The van der Waals surface area contributed by atoms with Crippen LogP contribution in [0, 0.1) is 23.7 Å². The molecular weight excluding hydrogens is 1310 g/mol. The van der Waals surface area contributed by atoms with Crippen LogP contribution in [0.25, 0.3) is 0 Å². The minimum atomic E-state index is -4.96. The van der Waals surface area contributed by atoms with Gasteiger partial charge in [0.2, 0.25) is 0 Å². The summed E-state index contributed by atoms with van der Waals surface area (Å²) in [5.41, 5.74) is 0. The second-order valence-corrected chi connectivity index (χ2v) is 33.7. The van der Waals surface area contributed by atoms with Gasteiger partial charge in [0.1, 0.15) is 19.3 Å². The van der Waals surface area contributed by atoms with Gasteiger partial charge in [-0.1, -0.05) is 364 Å². The highest BCUT2D eigenvalue weighted by Gasteiger charge is 2.30. The fourth-order valence-corrected chi connectivity index (χ4v) is 14.0. The first-order valence-electron chi connectivity index (χ1n) is 41.7. The van der Waals surface area contributed by atoms with Crippen molar-refractivity contribution in [3.63, 3.8) is 0 Å². The van der Waals surface area contributed by atoms with E-state index in [0.29, 0.717) is 31.6 Å². The van der Waals surface area contributed by atoms with Gasteiger partial charge in [0.25, 0.3) is 0 Å². The Labute approximate surface area is 613 Å². The first-order chi connectivity index (χ1) is 48.1. The lowest BCUT2D eigenvalue weighted by Gasteiger charge is -2.21. The third kappa shape index (κ3) is 73.0. The number of ether oxygens (including phenoxy) is 4. The Bertz CT molecular complexity index is 1960. The molecule has 0 fully saturated rings. The largest absolute Gasteiger partial charge is 0.472 e. The van der Waals surface area contributed by atoms with Gasteiger partial charge in [-0.15, -0.1) is 0 Å². The number of hydrogen-bond acceptors (Lipinski definition) is 15. The fraction of sp³-hybridized carbons (Fsp3) is 0.951. The molecule has 0 aliphatic heterocycles. The standard InChI is InChI=1S/C81H158O17P2/c1-9-74(8)60-52-44-36-28-21-17-14-15-18-22-29-37-45-53-61-78(83)91-67-76(97-80(85)63-55-47-38-30-23-19-13-11-10-12-16-20-26-33-41-49-57-71(2)3)69-95-99(87,88)93-65-75(82)66-94-100(89,90)96-70-77(68-92-79(84)62-54-46-40-32-35-43-51-59-73(6)7)98-81(86)64-56-48-39-31-25-24-27-34-42-50-58-72(4)5/h71-77,82H,9-70H2,1-8H3,(H,87,88)(H,89,90)/t74?,75?,76-,77-/m1/s1. The Morgan fingerprint density at radius 3 is 0.710 bits per heavy atom. The molecule has 0 heterocycles. The van der Waals surface area contributed by atoms with Crippen molar-refractivity contribution < 1.29 is 80.2 Å². The van der Waals surface area contributed by atoms with E-state index in [4.69, 9.17) is 37.0 Å². The predicted molar refractivity (Wildman–Crippen MR) is 409 cm³/mol. The van der Waals surface area contributed by atoms with E-state index in [2.05, 4.69) is 55.4 Å². The summed E-state index contributed by atoms with van der Waals surface area (Å²) in [4.78, 5) is 73.0. The summed E-state index contributed by atoms with van der Waals surface area (Å²) in [6.07, 6.45) is 56.9. The molecule has 0 rings (SSSR count). The molecule has 19 heteroatoms. The van der Waals surface area contributed by atoms with Gasteiger partial charge in [-0.05, 0) is 49.4 Å². The Kier molecular flexibility index (Phi) is 68.7. The van der Waals surface area contributed by atoms with Crippen molar-refractivity contribution in [3.05, 3.63) is 0 Å². The molecule has 0 spiro atoms. The summed E-state index contributed by atoms with van der Waals surface area (Å²) in [5.74, 6) is 1.00. The Hall–Kier alpha value is -1.94. The van der Waals surface area contributed by atoms with Crippen LogP contribution in [-0.2, 0) is 65.4 Å². The van der Waals surface area contributed by atoms with Crippen LogP contribution in [0.2, 0.25) is 0 Å². The second kappa shape index (κ2) is 70.1. The molecule has 4 unspecified atom stereocenters. The van der Waals surface area contributed by atoms with Crippen LogP contribution in [0.15, 0.2) is 0 Å². The van der Waals surface area contributed by atoms with E-state index in [9.17, 15) is 43.2 Å². The topological polar surface area (TPSA) is 237 Å². The van der Waals surface area contributed by atoms with Crippen LogP contribution in [0.5, 0.6) is 0 Å². The lowest BCUT2D eigenvalue weighted by atomic mass is 9.99. The first kappa shape index (κ1) is 98.1. The number of esters is 4. The van der Waals surface area contributed by atoms with Gasteiger partial charge in [-0.25, -0.2) is 9.13 Å². The van der Waals surface area contributed by atoms with Gasteiger partial charge >= 0.3 is 39.5 Å². The maximum atomic E-state index is 13.1. The summed E-state index contributed by atoms with van der Waals surface area (Å²) >= 11 is 0. The molecule has 0 bridgehead atoms.